The van der Waals surface area contributed by atoms with Gasteiger partial charge in [0, 0.05) is 13.1 Å². The average molecular weight is 268 g/mol. The molecule has 2 heterocycles. The Labute approximate surface area is 114 Å². The van der Waals surface area contributed by atoms with Crippen LogP contribution in [0.2, 0.25) is 0 Å². The van der Waals surface area contributed by atoms with Crippen molar-refractivity contribution in [3.05, 3.63) is 10.6 Å². The zero-order valence-corrected chi connectivity index (χ0v) is 12.5. The van der Waals surface area contributed by atoms with Crippen molar-refractivity contribution in [1.82, 2.24) is 4.98 Å². The third kappa shape index (κ3) is 3.04. The number of aromatic nitrogens is 1. The maximum atomic E-state index is 9.35. The molecule has 1 aliphatic rings. The van der Waals surface area contributed by atoms with Gasteiger partial charge in [0.05, 0.1) is 17.2 Å². The van der Waals surface area contributed by atoms with Crippen LogP contribution in [0, 0.1) is 5.41 Å². The van der Waals surface area contributed by atoms with Crippen LogP contribution in [-0.4, -0.2) is 23.2 Å². The molecule has 2 rings (SSSR count). The minimum absolute atomic E-state index is 0.125. The predicted molar refractivity (Wildman–Crippen MR) is 77.3 cm³/mol. The molecule has 0 amide bonds. The fourth-order valence-corrected chi connectivity index (χ4v) is 3.58. The summed E-state index contributed by atoms with van der Waals surface area (Å²) in [6.45, 7) is 9.13. The van der Waals surface area contributed by atoms with Crippen LogP contribution in [0.5, 0.6) is 0 Å². The first kappa shape index (κ1) is 13.8. The second-order valence-corrected chi connectivity index (χ2v) is 6.94. The molecule has 0 aromatic carbocycles. The molecule has 1 aromatic rings. The van der Waals surface area contributed by atoms with E-state index in [1.54, 1.807) is 11.3 Å². The Bertz CT molecular complexity index is 379. The highest BCUT2D eigenvalue weighted by Crippen LogP contribution is 2.34. The standard InChI is InChI=1S/C14H24N2OS/c1-4-11-12(10-17)18-13(15-11)16-8-5-6-14(2,3)7-9-16/h17H,4-10H2,1-3H3. The Morgan fingerprint density at radius 2 is 2.11 bits per heavy atom. The fraction of sp³-hybridized carbons (Fsp3) is 0.786. The van der Waals surface area contributed by atoms with Gasteiger partial charge in [0.2, 0.25) is 0 Å². The van der Waals surface area contributed by atoms with Crippen molar-refractivity contribution in [2.75, 3.05) is 18.0 Å². The van der Waals surface area contributed by atoms with Crippen LogP contribution >= 0.6 is 11.3 Å². The van der Waals surface area contributed by atoms with E-state index in [0.717, 1.165) is 35.2 Å². The molecule has 3 nitrogen and oxygen atoms in total. The molecule has 0 atom stereocenters. The van der Waals surface area contributed by atoms with Crippen LogP contribution < -0.4 is 4.90 Å². The molecular formula is C14H24N2OS. The molecule has 0 bridgehead atoms. The van der Waals surface area contributed by atoms with Gasteiger partial charge in [0.15, 0.2) is 5.13 Å². The summed E-state index contributed by atoms with van der Waals surface area (Å²) < 4.78 is 0. The summed E-state index contributed by atoms with van der Waals surface area (Å²) in [5.74, 6) is 0. The van der Waals surface area contributed by atoms with Crippen molar-refractivity contribution in [2.24, 2.45) is 5.41 Å². The number of aliphatic hydroxyl groups is 1. The van der Waals surface area contributed by atoms with Gasteiger partial charge in [-0.2, -0.15) is 0 Å². The minimum Gasteiger partial charge on any atom is -0.391 e. The second kappa shape index (κ2) is 5.57. The van der Waals surface area contributed by atoms with Gasteiger partial charge >= 0.3 is 0 Å². The van der Waals surface area contributed by atoms with Crippen LogP contribution in [0.4, 0.5) is 5.13 Å². The smallest absolute Gasteiger partial charge is 0.185 e. The van der Waals surface area contributed by atoms with Gasteiger partial charge in [-0.1, -0.05) is 32.1 Å². The van der Waals surface area contributed by atoms with E-state index in [4.69, 9.17) is 4.98 Å². The lowest BCUT2D eigenvalue weighted by atomic mass is 9.85. The van der Waals surface area contributed by atoms with Gasteiger partial charge in [-0.25, -0.2) is 4.98 Å². The lowest BCUT2D eigenvalue weighted by Crippen LogP contribution is -2.24. The molecule has 1 N–H and O–H groups in total. The summed E-state index contributed by atoms with van der Waals surface area (Å²) in [7, 11) is 0. The fourth-order valence-electron chi connectivity index (χ4n) is 2.52. The van der Waals surface area contributed by atoms with E-state index in [9.17, 15) is 5.11 Å². The van der Waals surface area contributed by atoms with Crippen molar-refractivity contribution < 1.29 is 5.11 Å². The molecule has 18 heavy (non-hydrogen) atoms. The van der Waals surface area contributed by atoms with Crippen LogP contribution in [0.1, 0.15) is 50.6 Å². The third-order valence-corrected chi connectivity index (χ3v) is 5.00. The Morgan fingerprint density at radius 1 is 1.33 bits per heavy atom. The highest BCUT2D eigenvalue weighted by atomic mass is 32.1. The van der Waals surface area contributed by atoms with Crippen LogP contribution in [0.3, 0.4) is 0 Å². The highest BCUT2D eigenvalue weighted by molar-refractivity contribution is 7.15. The van der Waals surface area contributed by atoms with E-state index in [1.165, 1.54) is 19.3 Å². The highest BCUT2D eigenvalue weighted by Gasteiger charge is 2.24. The van der Waals surface area contributed by atoms with Crippen molar-refractivity contribution in [2.45, 2.75) is 53.1 Å². The van der Waals surface area contributed by atoms with Gasteiger partial charge in [0.25, 0.3) is 0 Å². The SMILES string of the molecule is CCc1nc(N2CCCC(C)(C)CC2)sc1CO. The molecule has 0 radical (unpaired) electrons. The van der Waals surface area contributed by atoms with Crippen molar-refractivity contribution >= 4 is 16.5 Å². The first-order valence-electron chi connectivity index (χ1n) is 6.90. The Morgan fingerprint density at radius 3 is 2.72 bits per heavy atom. The minimum atomic E-state index is 0.125. The monoisotopic (exact) mass is 268 g/mol. The van der Waals surface area contributed by atoms with Gasteiger partial charge < -0.3 is 10.0 Å². The Hall–Kier alpha value is -0.610. The summed E-state index contributed by atoms with van der Waals surface area (Å²) >= 11 is 1.66. The van der Waals surface area contributed by atoms with Crippen molar-refractivity contribution in [1.29, 1.82) is 0 Å². The zero-order chi connectivity index (χ0) is 13.2. The number of hydrogen-bond donors (Lipinski definition) is 1. The second-order valence-electron chi connectivity index (χ2n) is 5.88. The predicted octanol–water partition coefficient (Wildman–Crippen LogP) is 3.21. The summed E-state index contributed by atoms with van der Waals surface area (Å²) in [4.78, 5) is 8.14. The molecule has 1 aromatic heterocycles. The average Bonchev–Trinajstić information content (AvgIpc) is 2.67. The third-order valence-electron chi connectivity index (χ3n) is 3.86. The van der Waals surface area contributed by atoms with E-state index in [-0.39, 0.29) is 6.61 Å². The molecule has 1 fully saturated rings. The molecule has 0 spiro atoms. The number of rotatable bonds is 3. The first-order chi connectivity index (χ1) is 8.55. The summed E-state index contributed by atoms with van der Waals surface area (Å²) in [6.07, 6.45) is 4.67. The lowest BCUT2D eigenvalue weighted by Gasteiger charge is -2.22. The van der Waals surface area contributed by atoms with E-state index in [1.807, 2.05) is 0 Å². The van der Waals surface area contributed by atoms with E-state index in [0.29, 0.717) is 5.41 Å². The maximum absolute atomic E-state index is 9.35. The van der Waals surface area contributed by atoms with E-state index < -0.39 is 0 Å². The molecule has 1 aliphatic heterocycles. The summed E-state index contributed by atoms with van der Waals surface area (Å²) in [6, 6.07) is 0. The lowest BCUT2D eigenvalue weighted by molar-refractivity contribution is 0.284. The van der Waals surface area contributed by atoms with Gasteiger partial charge in [0.1, 0.15) is 0 Å². The molecule has 102 valence electrons. The normalized spacial score (nSPS) is 19.9. The summed E-state index contributed by atoms with van der Waals surface area (Å²) in [5, 5.41) is 10.5. The number of aryl methyl sites for hydroxylation is 1. The molecule has 0 saturated carbocycles. The van der Waals surface area contributed by atoms with Crippen LogP contribution in [0.25, 0.3) is 0 Å². The maximum Gasteiger partial charge on any atom is 0.185 e. The van der Waals surface area contributed by atoms with Crippen molar-refractivity contribution in [3.8, 4) is 0 Å². The van der Waals surface area contributed by atoms with E-state index >= 15 is 0 Å². The Balaban J connectivity index is 2.13. The number of hydrogen-bond acceptors (Lipinski definition) is 4. The van der Waals surface area contributed by atoms with Gasteiger partial charge in [-0.15, -0.1) is 0 Å². The van der Waals surface area contributed by atoms with Crippen LogP contribution in [-0.2, 0) is 13.0 Å². The first-order valence-corrected chi connectivity index (χ1v) is 7.72. The van der Waals surface area contributed by atoms with Gasteiger partial charge in [-0.3, -0.25) is 0 Å². The van der Waals surface area contributed by atoms with Crippen molar-refractivity contribution in [3.63, 3.8) is 0 Å². The summed E-state index contributed by atoms with van der Waals surface area (Å²) in [5.41, 5.74) is 1.53. The number of thiazole rings is 1. The molecule has 0 unspecified atom stereocenters. The zero-order valence-electron chi connectivity index (χ0n) is 11.7. The quantitative estimate of drug-likeness (QED) is 0.914. The number of anilines is 1. The number of aliphatic hydroxyl groups excluding tert-OH is 1. The van der Waals surface area contributed by atoms with E-state index in [2.05, 4.69) is 25.7 Å². The van der Waals surface area contributed by atoms with Gasteiger partial charge in [-0.05, 0) is 31.1 Å². The molecular weight excluding hydrogens is 244 g/mol. The molecule has 4 heteroatoms. The number of nitrogens with zero attached hydrogens (tertiary/aromatic N) is 2. The molecule has 0 aliphatic carbocycles. The Kier molecular flexibility index (Phi) is 4.28. The topological polar surface area (TPSA) is 36.4 Å². The van der Waals surface area contributed by atoms with Crippen LogP contribution in [0.15, 0.2) is 0 Å². The largest absolute Gasteiger partial charge is 0.391 e. The molecule has 1 saturated heterocycles.